The third-order valence-corrected chi connectivity index (χ3v) is 2.85. The van der Waals surface area contributed by atoms with Crippen molar-refractivity contribution in [3.05, 3.63) is 36.0 Å². The van der Waals surface area contributed by atoms with E-state index >= 15 is 0 Å². The molecule has 5 heteroatoms. The van der Waals surface area contributed by atoms with E-state index in [1.54, 1.807) is 6.20 Å². The SMILES string of the molecule is Cn1cc(C(=O)NCC(O)CO)c2ccccc21. The maximum absolute atomic E-state index is 12.0. The van der Waals surface area contributed by atoms with Crippen LogP contribution in [0.3, 0.4) is 0 Å². The van der Waals surface area contributed by atoms with Gasteiger partial charge < -0.3 is 20.1 Å². The number of nitrogens with one attached hydrogen (secondary N) is 1. The van der Waals surface area contributed by atoms with Gasteiger partial charge in [-0.1, -0.05) is 18.2 Å². The Balaban J connectivity index is 2.23. The van der Waals surface area contributed by atoms with Crippen molar-refractivity contribution in [2.24, 2.45) is 7.05 Å². The molecule has 96 valence electrons. The summed E-state index contributed by atoms with van der Waals surface area (Å²) >= 11 is 0. The van der Waals surface area contributed by atoms with Crippen molar-refractivity contribution in [2.45, 2.75) is 6.10 Å². The van der Waals surface area contributed by atoms with Crippen LogP contribution < -0.4 is 5.32 Å². The molecule has 0 fully saturated rings. The average molecular weight is 248 g/mol. The molecule has 1 unspecified atom stereocenters. The summed E-state index contributed by atoms with van der Waals surface area (Å²) in [5, 5.41) is 21.4. The van der Waals surface area contributed by atoms with Crippen LogP contribution in [0.15, 0.2) is 30.5 Å². The van der Waals surface area contributed by atoms with Gasteiger partial charge in [0.05, 0.1) is 18.3 Å². The van der Waals surface area contributed by atoms with E-state index in [0.29, 0.717) is 5.56 Å². The zero-order valence-electron chi connectivity index (χ0n) is 10.1. The summed E-state index contributed by atoms with van der Waals surface area (Å²) in [6.07, 6.45) is 0.828. The third kappa shape index (κ3) is 2.37. The number of hydrogen-bond acceptors (Lipinski definition) is 3. The van der Waals surface area contributed by atoms with Crippen molar-refractivity contribution in [1.29, 1.82) is 0 Å². The molecular formula is C13H16N2O3. The minimum atomic E-state index is -0.927. The number of aliphatic hydroxyl groups is 2. The standard InChI is InChI=1S/C13H16N2O3/c1-15-7-11(10-4-2-3-5-12(10)15)13(18)14-6-9(17)8-16/h2-5,7,9,16-17H,6,8H2,1H3,(H,14,18). The molecule has 0 aliphatic rings. The van der Waals surface area contributed by atoms with E-state index in [1.807, 2.05) is 35.9 Å². The number of carbonyl (C=O) groups excluding carboxylic acids is 1. The quantitative estimate of drug-likeness (QED) is 0.726. The van der Waals surface area contributed by atoms with Crippen LogP contribution in [0.2, 0.25) is 0 Å². The molecule has 1 heterocycles. The summed E-state index contributed by atoms with van der Waals surface area (Å²) in [6, 6.07) is 7.61. The minimum Gasteiger partial charge on any atom is -0.394 e. The predicted octanol–water partition coefficient (Wildman–Crippen LogP) is 0.261. The zero-order valence-corrected chi connectivity index (χ0v) is 10.1. The van der Waals surface area contributed by atoms with Gasteiger partial charge in [0.25, 0.3) is 5.91 Å². The number of benzene rings is 1. The van der Waals surface area contributed by atoms with Gasteiger partial charge in [0.1, 0.15) is 0 Å². The lowest BCUT2D eigenvalue weighted by atomic mass is 10.1. The van der Waals surface area contributed by atoms with E-state index in [-0.39, 0.29) is 19.1 Å². The van der Waals surface area contributed by atoms with Crippen LogP contribution in [0.25, 0.3) is 10.9 Å². The Kier molecular flexibility index (Phi) is 3.64. The van der Waals surface area contributed by atoms with Crippen molar-refractivity contribution in [1.82, 2.24) is 9.88 Å². The Morgan fingerprint density at radius 2 is 2.17 bits per heavy atom. The molecule has 0 radical (unpaired) electrons. The molecule has 0 saturated heterocycles. The first-order chi connectivity index (χ1) is 8.63. The maximum atomic E-state index is 12.0. The number of hydrogen-bond donors (Lipinski definition) is 3. The molecule has 0 aliphatic heterocycles. The first-order valence-corrected chi connectivity index (χ1v) is 5.74. The van der Waals surface area contributed by atoms with Crippen LogP contribution in [0, 0.1) is 0 Å². The highest BCUT2D eigenvalue weighted by Crippen LogP contribution is 2.19. The summed E-state index contributed by atoms with van der Waals surface area (Å²) in [4.78, 5) is 12.0. The molecule has 0 spiro atoms. The number of nitrogens with zero attached hydrogens (tertiary/aromatic N) is 1. The van der Waals surface area contributed by atoms with Gasteiger partial charge in [-0.2, -0.15) is 0 Å². The van der Waals surface area contributed by atoms with Crippen LogP contribution in [0.1, 0.15) is 10.4 Å². The molecule has 5 nitrogen and oxygen atoms in total. The minimum absolute atomic E-state index is 0.0402. The van der Waals surface area contributed by atoms with Crippen molar-refractivity contribution in [2.75, 3.05) is 13.2 Å². The van der Waals surface area contributed by atoms with E-state index in [2.05, 4.69) is 5.32 Å². The van der Waals surface area contributed by atoms with Gasteiger partial charge in [0.15, 0.2) is 0 Å². The summed E-state index contributed by atoms with van der Waals surface area (Å²) in [6.45, 7) is -0.325. The van der Waals surface area contributed by atoms with Gasteiger partial charge >= 0.3 is 0 Å². The van der Waals surface area contributed by atoms with E-state index in [0.717, 1.165) is 10.9 Å². The van der Waals surface area contributed by atoms with Gasteiger partial charge in [-0.25, -0.2) is 0 Å². The van der Waals surface area contributed by atoms with Gasteiger partial charge in [0, 0.05) is 30.7 Å². The largest absolute Gasteiger partial charge is 0.394 e. The normalized spacial score (nSPS) is 12.6. The molecule has 1 aromatic carbocycles. The number of amides is 1. The van der Waals surface area contributed by atoms with Crippen LogP contribution in [0.4, 0.5) is 0 Å². The third-order valence-electron chi connectivity index (χ3n) is 2.85. The predicted molar refractivity (Wildman–Crippen MR) is 68.3 cm³/mol. The van der Waals surface area contributed by atoms with E-state index in [4.69, 9.17) is 5.11 Å². The van der Waals surface area contributed by atoms with Gasteiger partial charge in [-0.15, -0.1) is 0 Å². The van der Waals surface area contributed by atoms with Crippen LogP contribution in [-0.4, -0.2) is 39.9 Å². The van der Waals surface area contributed by atoms with Crippen LogP contribution in [-0.2, 0) is 7.05 Å². The Bertz CT molecular complexity index is 562. The number of para-hydroxylation sites is 1. The van der Waals surface area contributed by atoms with Crippen LogP contribution >= 0.6 is 0 Å². The molecule has 1 aromatic heterocycles. The highest BCUT2D eigenvalue weighted by atomic mass is 16.3. The lowest BCUT2D eigenvalue weighted by Gasteiger charge is -2.08. The smallest absolute Gasteiger partial charge is 0.253 e. The number of rotatable bonds is 4. The highest BCUT2D eigenvalue weighted by molar-refractivity contribution is 6.06. The van der Waals surface area contributed by atoms with Crippen molar-refractivity contribution in [3.63, 3.8) is 0 Å². The second-order valence-corrected chi connectivity index (χ2v) is 4.22. The maximum Gasteiger partial charge on any atom is 0.253 e. The molecule has 3 N–H and O–H groups in total. The molecule has 0 aliphatic carbocycles. The molecule has 18 heavy (non-hydrogen) atoms. The van der Waals surface area contributed by atoms with Gasteiger partial charge in [0.2, 0.25) is 0 Å². The summed E-state index contributed by atoms with van der Waals surface area (Å²) in [5.41, 5.74) is 1.54. The number of aromatic nitrogens is 1. The topological polar surface area (TPSA) is 74.5 Å². The van der Waals surface area contributed by atoms with Gasteiger partial charge in [-0.05, 0) is 6.07 Å². The van der Waals surface area contributed by atoms with E-state index < -0.39 is 6.10 Å². The first kappa shape index (κ1) is 12.6. The summed E-state index contributed by atoms with van der Waals surface area (Å²) in [7, 11) is 1.88. The summed E-state index contributed by atoms with van der Waals surface area (Å²) in [5.74, 6) is -0.251. The lowest BCUT2D eigenvalue weighted by molar-refractivity contribution is 0.0803. The number of carbonyl (C=O) groups is 1. The fraction of sp³-hybridized carbons (Fsp3) is 0.308. The second kappa shape index (κ2) is 5.20. The zero-order chi connectivity index (χ0) is 13.1. The molecule has 1 atom stereocenters. The molecule has 2 aromatic rings. The molecule has 0 bridgehead atoms. The molecule has 2 rings (SSSR count). The van der Waals surface area contributed by atoms with E-state index in [9.17, 15) is 9.90 Å². The Hall–Kier alpha value is -1.85. The number of fused-ring (bicyclic) bond motifs is 1. The van der Waals surface area contributed by atoms with Gasteiger partial charge in [-0.3, -0.25) is 4.79 Å². The van der Waals surface area contributed by atoms with Crippen molar-refractivity contribution >= 4 is 16.8 Å². The van der Waals surface area contributed by atoms with E-state index in [1.165, 1.54) is 0 Å². The van der Waals surface area contributed by atoms with Crippen LogP contribution in [0.5, 0.6) is 0 Å². The average Bonchev–Trinajstić information content (AvgIpc) is 2.74. The fourth-order valence-corrected chi connectivity index (χ4v) is 1.89. The Morgan fingerprint density at radius 3 is 2.89 bits per heavy atom. The molecule has 0 saturated carbocycles. The van der Waals surface area contributed by atoms with Crippen molar-refractivity contribution in [3.8, 4) is 0 Å². The molecular weight excluding hydrogens is 232 g/mol. The highest BCUT2D eigenvalue weighted by Gasteiger charge is 2.14. The Morgan fingerprint density at radius 1 is 1.44 bits per heavy atom. The molecule has 1 amide bonds. The Labute approximate surface area is 105 Å². The van der Waals surface area contributed by atoms with Crippen molar-refractivity contribution < 1.29 is 15.0 Å². The monoisotopic (exact) mass is 248 g/mol. The second-order valence-electron chi connectivity index (χ2n) is 4.22. The lowest BCUT2D eigenvalue weighted by Crippen LogP contribution is -2.33. The summed E-state index contributed by atoms with van der Waals surface area (Å²) < 4.78 is 1.88. The first-order valence-electron chi connectivity index (χ1n) is 5.74. The fourth-order valence-electron chi connectivity index (χ4n) is 1.89. The number of aliphatic hydroxyl groups excluding tert-OH is 2. The number of aryl methyl sites for hydroxylation is 1.